The number of rotatable bonds is 7. The number of nitrogens with one attached hydrogen (secondary N) is 3. The van der Waals surface area contributed by atoms with Crippen molar-refractivity contribution in [1.29, 1.82) is 0 Å². The standard InChI is InChI=1S/C23H31N7O2/c1-31-20-15-17(30-11-13-32-14-12-30)5-6-18(20)26-23-27-19(21-22(28-23)25-16-24-21)7-10-29-8-3-2-4-9-29/h5-6,15-16H,2-4,7-14H2,1H3,(H2,24,25,26,27,28)/p+1. The fraction of sp³-hybridized carbons (Fsp3) is 0.522. The number of hydrogen-bond donors (Lipinski definition) is 2. The third kappa shape index (κ3) is 4.63. The number of anilines is 3. The van der Waals surface area contributed by atoms with Crippen LogP contribution in [0.3, 0.4) is 0 Å². The minimum Gasteiger partial charge on any atom is -0.494 e. The molecule has 5 rings (SSSR count). The molecular weight excluding hydrogens is 406 g/mol. The number of likely N-dealkylation sites (tertiary alicyclic amines) is 1. The number of ether oxygens (including phenoxy) is 2. The van der Waals surface area contributed by atoms with Crippen LogP contribution in [-0.2, 0) is 11.2 Å². The number of fused-ring (bicyclic) bond motifs is 1. The molecule has 2 aliphatic heterocycles. The van der Waals surface area contributed by atoms with Gasteiger partial charge in [-0.05, 0) is 38.1 Å². The lowest BCUT2D eigenvalue weighted by Crippen LogP contribution is -2.36. The maximum atomic E-state index is 5.68. The molecule has 1 aromatic carbocycles. The van der Waals surface area contributed by atoms with Gasteiger partial charge in [0.15, 0.2) is 11.8 Å². The quantitative estimate of drug-likeness (QED) is 0.585. The molecule has 0 atom stereocenters. The zero-order chi connectivity index (χ0) is 21.8. The Morgan fingerprint density at radius 1 is 1.12 bits per heavy atom. The van der Waals surface area contributed by atoms with Gasteiger partial charge in [-0.15, -0.1) is 0 Å². The number of morpholine rings is 1. The number of nitrogens with zero attached hydrogens (tertiary/aromatic N) is 4. The predicted molar refractivity (Wildman–Crippen MR) is 124 cm³/mol. The Bertz CT molecular complexity index is 1040. The largest absolute Gasteiger partial charge is 0.494 e. The van der Waals surface area contributed by atoms with Crippen LogP contribution >= 0.6 is 0 Å². The smallest absolute Gasteiger partial charge is 0.305 e. The zero-order valence-electron chi connectivity index (χ0n) is 18.7. The highest BCUT2D eigenvalue weighted by Crippen LogP contribution is 2.32. The van der Waals surface area contributed by atoms with Crippen molar-refractivity contribution in [2.45, 2.75) is 25.7 Å². The molecule has 170 valence electrons. The first-order chi connectivity index (χ1) is 15.8. The van der Waals surface area contributed by atoms with Gasteiger partial charge in [0.2, 0.25) is 0 Å². The van der Waals surface area contributed by atoms with Gasteiger partial charge in [0, 0.05) is 37.8 Å². The van der Waals surface area contributed by atoms with Crippen molar-refractivity contribution in [2.75, 3.05) is 63.3 Å². The van der Waals surface area contributed by atoms with E-state index in [2.05, 4.69) is 42.2 Å². The molecular formula is C23H32N7O2+. The molecule has 0 amide bonds. The lowest BCUT2D eigenvalue weighted by molar-refractivity contribution is -0.347. The number of H-pyrrole nitrogens is 2. The van der Waals surface area contributed by atoms with Gasteiger partial charge < -0.3 is 24.6 Å². The van der Waals surface area contributed by atoms with Crippen molar-refractivity contribution in [3.8, 4) is 5.75 Å². The fourth-order valence-corrected chi connectivity index (χ4v) is 4.55. The molecule has 3 N–H and O–H groups in total. The van der Waals surface area contributed by atoms with Gasteiger partial charge in [-0.3, -0.25) is 4.98 Å². The molecule has 2 saturated heterocycles. The van der Waals surface area contributed by atoms with E-state index in [0.29, 0.717) is 5.95 Å². The molecule has 2 aliphatic rings. The van der Waals surface area contributed by atoms with Crippen LogP contribution in [0.1, 0.15) is 25.0 Å². The summed E-state index contributed by atoms with van der Waals surface area (Å²) in [5.74, 6) is 1.34. The van der Waals surface area contributed by atoms with E-state index >= 15 is 0 Å². The highest BCUT2D eigenvalue weighted by atomic mass is 16.5. The zero-order valence-corrected chi connectivity index (χ0v) is 18.7. The summed E-state index contributed by atoms with van der Waals surface area (Å²) >= 11 is 0. The molecule has 9 nitrogen and oxygen atoms in total. The number of hydrogen-bond acceptors (Lipinski definition) is 7. The number of benzene rings is 1. The summed E-state index contributed by atoms with van der Waals surface area (Å²) in [5, 5.41) is 3.38. The summed E-state index contributed by atoms with van der Waals surface area (Å²) in [5.41, 5.74) is 4.78. The lowest BCUT2D eigenvalue weighted by atomic mass is 10.1. The van der Waals surface area contributed by atoms with E-state index in [9.17, 15) is 0 Å². The second-order valence-electron chi connectivity index (χ2n) is 8.41. The van der Waals surface area contributed by atoms with E-state index in [1.807, 2.05) is 12.4 Å². The van der Waals surface area contributed by atoms with Gasteiger partial charge in [0.25, 0.3) is 0 Å². The average Bonchev–Trinajstić information content (AvgIpc) is 3.33. The number of imidazole rings is 1. The molecule has 2 fully saturated rings. The first kappa shape index (κ1) is 21.0. The number of piperidine rings is 1. The third-order valence-electron chi connectivity index (χ3n) is 6.33. The summed E-state index contributed by atoms with van der Waals surface area (Å²) < 4.78 is 11.2. The monoisotopic (exact) mass is 438 g/mol. The molecule has 4 heterocycles. The lowest BCUT2D eigenvalue weighted by Gasteiger charge is -2.29. The van der Waals surface area contributed by atoms with Gasteiger partial charge in [0.05, 0.1) is 31.7 Å². The second kappa shape index (κ2) is 9.70. The van der Waals surface area contributed by atoms with Crippen LogP contribution in [0.5, 0.6) is 5.75 Å². The Balaban J connectivity index is 1.36. The van der Waals surface area contributed by atoms with E-state index < -0.39 is 0 Å². The molecule has 0 bridgehead atoms. The highest BCUT2D eigenvalue weighted by Gasteiger charge is 2.19. The van der Waals surface area contributed by atoms with E-state index in [0.717, 1.165) is 73.3 Å². The Morgan fingerprint density at radius 2 is 1.97 bits per heavy atom. The molecule has 0 radical (unpaired) electrons. The van der Waals surface area contributed by atoms with E-state index in [-0.39, 0.29) is 0 Å². The normalized spacial score (nSPS) is 17.6. The number of aromatic amines is 2. The van der Waals surface area contributed by atoms with Crippen molar-refractivity contribution in [3.63, 3.8) is 0 Å². The van der Waals surface area contributed by atoms with Gasteiger partial charge in [-0.2, -0.15) is 4.98 Å². The summed E-state index contributed by atoms with van der Waals surface area (Å²) in [7, 11) is 1.69. The van der Waals surface area contributed by atoms with Crippen LogP contribution in [0.4, 0.5) is 17.3 Å². The van der Waals surface area contributed by atoms with Crippen LogP contribution in [0.2, 0.25) is 0 Å². The van der Waals surface area contributed by atoms with Crippen molar-refractivity contribution >= 4 is 28.5 Å². The minimum atomic E-state index is 0.569. The summed E-state index contributed by atoms with van der Waals surface area (Å²) in [6.07, 6.45) is 6.63. The third-order valence-corrected chi connectivity index (χ3v) is 6.33. The fourth-order valence-electron chi connectivity index (χ4n) is 4.55. The Labute approximate surface area is 188 Å². The minimum absolute atomic E-state index is 0.569. The van der Waals surface area contributed by atoms with Crippen LogP contribution < -0.4 is 19.9 Å². The summed E-state index contributed by atoms with van der Waals surface area (Å²) in [6, 6.07) is 6.20. The Morgan fingerprint density at radius 3 is 2.78 bits per heavy atom. The van der Waals surface area contributed by atoms with Crippen LogP contribution in [0.25, 0.3) is 11.2 Å². The number of aromatic nitrogens is 4. The molecule has 0 aliphatic carbocycles. The van der Waals surface area contributed by atoms with E-state index in [1.165, 1.54) is 32.4 Å². The topological polar surface area (TPSA) is 92.7 Å². The molecule has 32 heavy (non-hydrogen) atoms. The maximum absolute atomic E-state index is 5.68. The average molecular weight is 439 g/mol. The van der Waals surface area contributed by atoms with Crippen molar-refractivity contribution in [1.82, 2.24) is 19.9 Å². The van der Waals surface area contributed by atoms with Crippen molar-refractivity contribution in [2.24, 2.45) is 0 Å². The number of methoxy groups -OCH3 is 1. The van der Waals surface area contributed by atoms with Crippen LogP contribution in [0.15, 0.2) is 24.5 Å². The molecule has 9 heteroatoms. The Hall–Kier alpha value is -2.91. The van der Waals surface area contributed by atoms with Crippen LogP contribution in [-0.4, -0.2) is 72.9 Å². The predicted octanol–water partition coefficient (Wildman–Crippen LogP) is 2.39. The molecule has 0 saturated carbocycles. The summed E-state index contributed by atoms with van der Waals surface area (Å²) in [4.78, 5) is 20.8. The first-order valence-corrected chi connectivity index (χ1v) is 11.6. The second-order valence-corrected chi connectivity index (χ2v) is 8.41. The van der Waals surface area contributed by atoms with Gasteiger partial charge in [-0.25, -0.2) is 4.98 Å². The van der Waals surface area contributed by atoms with Crippen molar-refractivity contribution in [3.05, 3.63) is 30.2 Å². The molecule has 3 aromatic rings. The summed E-state index contributed by atoms with van der Waals surface area (Å²) in [6.45, 7) is 6.67. The van der Waals surface area contributed by atoms with Gasteiger partial charge in [-0.1, -0.05) is 11.4 Å². The maximum Gasteiger partial charge on any atom is 0.305 e. The Kier molecular flexibility index (Phi) is 6.36. The van der Waals surface area contributed by atoms with Gasteiger partial charge >= 0.3 is 11.6 Å². The first-order valence-electron chi connectivity index (χ1n) is 11.6. The molecule has 2 aromatic heterocycles. The van der Waals surface area contributed by atoms with E-state index in [4.69, 9.17) is 14.5 Å². The molecule has 0 spiro atoms. The van der Waals surface area contributed by atoms with Crippen molar-refractivity contribution < 1.29 is 14.5 Å². The van der Waals surface area contributed by atoms with E-state index in [1.54, 1.807) is 7.11 Å². The SMILES string of the molecule is COc1cc(N2CCOCC2)ccc1Nc1nc(CCN2CCCCC2)c2[nH]c[nH+]c2n1. The molecule has 0 unspecified atom stereocenters. The van der Waals surface area contributed by atoms with Gasteiger partial charge in [0.1, 0.15) is 5.75 Å². The van der Waals surface area contributed by atoms with Crippen LogP contribution in [0, 0.1) is 0 Å². The highest BCUT2D eigenvalue weighted by molar-refractivity contribution is 5.73.